The van der Waals surface area contributed by atoms with E-state index in [0.717, 1.165) is 12.1 Å². The molecule has 2 nitrogen and oxygen atoms in total. The first kappa shape index (κ1) is 13.6. The fourth-order valence-corrected chi connectivity index (χ4v) is 1.75. The molecule has 2 aromatic rings. The number of benzene rings is 2. The largest absolute Gasteiger partial charge is 0.488 e. The lowest BCUT2D eigenvalue weighted by Crippen LogP contribution is -2.29. The van der Waals surface area contributed by atoms with Gasteiger partial charge in [-0.2, -0.15) is 13.2 Å². The highest BCUT2D eigenvalue weighted by atomic mass is 19.4. The molecule has 0 aliphatic heterocycles. The minimum Gasteiger partial charge on any atom is -0.423 e. The summed E-state index contributed by atoms with van der Waals surface area (Å²) >= 11 is 0. The molecule has 0 radical (unpaired) electrons. The molecule has 98 valence electrons. The van der Waals surface area contributed by atoms with E-state index in [4.69, 9.17) is 10.0 Å². The Hall–Kier alpha value is -1.79. The number of alkyl halides is 3. The van der Waals surface area contributed by atoms with Gasteiger partial charge >= 0.3 is 13.3 Å². The Morgan fingerprint density at radius 2 is 1.42 bits per heavy atom. The van der Waals surface area contributed by atoms with Crippen molar-refractivity contribution < 1.29 is 23.2 Å². The van der Waals surface area contributed by atoms with Crippen LogP contribution in [0.25, 0.3) is 11.1 Å². The summed E-state index contributed by atoms with van der Waals surface area (Å²) in [5, 5.41) is 18.1. The van der Waals surface area contributed by atoms with Gasteiger partial charge in [0.1, 0.15) is 0 Å². The highest BCUT2D eigenvalue weighted by Crippen LogP contribution is 2.31. The molecule has 0 saturated carbocycles. The molecule has 0 aliphatic carbocycles. The van der Waals surface area contributed by atoms with Gasteiger partial charge in [0, 0.05) is 0 Å². The molecule has 0 bridgehead atoms. The quantitative estimate of drug-likeness (QED) is 0.817. The summed E-state index contributed by atoms with van der Waals surface area (Å²) in [5.41, 5.74) is 0.365. The maximum atomic E-state index is 12.6. The van der Waals surface area contributed by atoms with Gasteiger partial charge in [0.2, 0.25) is 0 Å². The molecular formula is C13H10BF3O2. The molecule has 0 heterocycles. The smallest absolute Gasteiger partial charge is 0.423 e. The average molecular weight is 266 g/mol. The zero-order chi connectivity index (χ0) is 14.0. The zero-order valence-corrected chi connectivity index (χ0v) is 9.72. The summed E-state index contributed by atoms with van der Waals surface area (Å²) < 4.78 is 37.8. The minimum absolute atomic E-state index is 0.231. The van der Waals surface area contributed by atoms with Gasteiger partial charge in [0.25, 0.3) is 0 Å². The van der Waals surface area contributed by atoms with E-state index < -0.39 is 18.9 Å². The Kier molecular flexibility index (Phi) is 3.64. The van der Waals surface area contributed by atoms with Crippen LogP contribution < -0.4 is 5.46 Å². The van der Waals surface area contributed by atoms with Crippen molar-refractivity contribution in [1.29, 1.82) is 0 Å². The van der Waals surface area contributed by atoms with Crippen molar-refractivity contribution in [3.8, 4) is 11.1 Å². The first-order valence-corrected chi connectivity index (χ1v) is 5.51. The molecule has 0 saturated heterocycles. The van der Waals surface area contributed by atoms with E-state index in [1.807, 2.05) is 0 Å². The summed E-state index contributed by atoms with van der Waals surface area (Å²) in [6.07, 6.45) is -4.40. The lowest BCUT2D eigenvalue weighted by atomic mass is 9.79. The maximum absolute atomic E-state index is 12.6. The van der Waals surface area contributed by atoms with Gasteiger partial charge < -0.3 is 10.0 Å². The molecular weight excluding hydrogens is 256 g/mol. The van der Waals surface area contributed by atoms with Crippen LogP contribution in [0.1, 0.15) is 5.56 Å². The van der Waals surface area contributed by atoms with Crippen molar-refractivity contribution in [3.05, 3.63) is 54.1 Å². The summed E-state index contributed by atoms with van der Waals surface area (Å²) in [6.45, 7) is 0. The average Bonchev–Trinajstić information content (AvgIpc) is 2.38. The Morgan fingerprint density at radius 3 is 2.00 bits per heavy atom. The van der Waals surface area contributed by atoms with Crippen LogP contribution >= 0.6 is 0 Å². The molecule has 2 N–H and O–H groups in total. The number of halogens is 3. The van der Waals surface area contributed by atoms with Crippen LogP contribution in [0.4, 0.5) is 13.2 Å². The topological polar surface area (TPSA) is 40.5 Å². The summed E-state index contributed by atoms with van der Waals surface area (Å²) in [5.74, 6) is 0. The van der Waals surface area contributed by atoms with E-state index in [1.165, 1.54) is 24.3 Å². The predicted octanol–water partition coefficient (Wildman–Crippen LogP) is 2.05. The van der Waals surface area contributed by atoms with E-state index >= 15 is 0 Å². The summed E-state index contributed by atoms with van der Waals surface area (Å²) in [7, 11) is -1.65. The standard InChI is InChI=1S/C13H10BF3O2/c15-13(16,17)11-5-1-3-9(7-11)10-4-2-6-12(8-10)14(18)19/h1-8,18-19H. The Balaban J connectivity index is 2.45. The molecule has 0 aromatic heterocycles. The first-order chi connectivity index (χ1) is 8.88. The van der Waals surface area contributed by atoms with Gasteiger partial charge in [-0.1, -0.05) is 36.4 Å². The van der Waals surface area contributed by atoms with Crippen LogP contribution in [0.5, 0.6) is 0 Å². The normalized spacial score (nSPS) is 11.4. The second-order valence-electron chi connectivity index (χ2n) is 4.08. The van der Waals surface area contributed by atoms with E-state index in [2.05, 4.69) is 0 Å². The van der Waals surface area contributed by atoms with Crippen LogP contribution in [0, 0.1) is 0 Å². The van der Waals surface area contributed by atoms with E-state index in [9.17, 15) is 13.2 Å². The molecule has 19 heavy (non-hydrogen) atoms. The van der Waals surface area contributed by atoms with Gasteiger partial charge in [-0.3, -0.25) is 0 Å². The van der Waals surface area contributed by atoms with E-state index in [-0.39, 0.29) is 5.46 Å². The molecule has 6 heteroatoms. The van der Waals surface area contributed by atoms with E-state index in [1.54, 1.807) is 12.1 Å². The van der Waals surface area contributed by atoms with Gasteiger partial charge in [0.15, 0.2) is 0 Å². The highest BCUT2D eigenvalue weighted by molar-refractivity contribution is 6.58. The van der Waals surface area contributed by atoms with Crippen molar-refractivity contribution in [2.75, 3.05) is 0 Å². The van der Waals surface area contributed by atoms with E-state index in [0.29, 0.717) is 11.1 Å². The molecule has 0 fully saturated rings. The third-order valence-corrected chi connectivity index (χ3v) is 2.71. The minimum atomic E-state index is -4.40. The molecule has 0 aliphatic rings. The van der Waals surface area contributed by atoms with Gasteiger partial charge in [0.05, 0.1) is 5.56 Å². The maximum Gasteiger partial charge on any atom is 0.488 e. The highest BCUT2D eigenvalue weighted by Gasteiger charge is 2.30. The monoisotopic (exact) mass is 266 g/mol. The van der Waals surface area contributed by atoms with Crippen molar-refractivity contribution in [1.82, 2.24) is 0 Å². The fraction of sp³-hybridized carbons (Fsp3) is 0.0769. The number of hydrogen-bond acceptors (Lipinski definition) is 2. The van der Waals surface area contributed by atoms with Gasteiger partial charge in [-0.05, 0) is 28.7 Å². The lowest BCUT2D eigenvalue weighted by molar-refractivity contribution is -0.137. The Morgan fingerprint density at radius 1 is 0.842 bits per heavy atom. The second-order valence-corrected chi connectivity index (χ2v) is 4.08. The first-order valence-electron chi connectivity index (χ1n) is 5.51. The molecule has 0 spiro atoms. The van der Waals surface area contributed by atoms with Crippen LogP contribution in [-0.4, -0.2) is 17.2 Å². The molecule has 2 rings (SSSR count). The zero-order valence-electron chi connectivity index (χ0n) is 9.72. The molecule has 0 unspecified atom stereocenters. The number of hydrogen-bond donors (Lipinski definition) is 2. The van der Waals surface area contributed by atoms with Crippen LogP contribution in [-0.2, 0) is 6.18 Å². The fourth-order valence-electron chi connectivity index (χ4n) is 1.75. The predicted molar refractivity (Wildman–Crippen MR) is 66.7 cm³/mol. The van der Waals surface area contributed by atoms with Crippen LogP contribution in [0.15, 0.2) is 48.5 Å². The third kappa shape index (κ3) is 3.16. The molecule has 0 atom stereocenters. The molecule has 2 aromatic carbocycles. The SMILES string of the molecule is OB(O)c1cccc(-c2cccc(C(F)(F)F)c2)c1. The Bertz CT molecular complexity index is 582. The van der Waals surface area contributed by atoms with Gasteiger partial charge in [-0.25, -0.2) is 0 Å². The van der Waals surface area contributed by atoms with Crippen molar-refractivity contribution in [2.24, 2.45) is 0 Å². The van der Waals surface area contributed by atoms with Crippen LogP contribution in [0.3, 0.4) is 0 Å². The number of rotatable bonds is 2. The summed E-state index contributed by atoms with van der Waals surface area (Å²) in [6, 6.07) is 11.0. The van der Waals surface area contributed by atoms with Crippen molar-refractivity contribution in [3.63, 3.8) is 0 Å². The second kappa shape index (κ2) is 5.07. The van der Waals surface area contributed by atoms with Crippen molar-refractivity contribution >= 4 is 12.6 Å². The lowest BCUT2D eigenvalue weighted by Gasteiger charge is -2.09. The molecule has 0 amide bonds. The van der Waals surface area contributed by atoms with Gasteiger partial charge in [-0.15, -0.1) is 0 Å². The van der Waals surface area contributed by atoms with Crippen LogP contribution in [0.2, 0.25) is 0 Å². The Labute approximate surface area is 108 Å². The summed E-state index contributed by atoms with van der Waals surface area (Å²) in [4.78, 5) is 0. The third-order valence-electron chi connectivity index (χ3n) is 2.71. The van der Waals surface area contributed by atoms with Crippen molar-refractivity contribution in [2.45, 2.75) is 6.18 Å².